The van der Waals surface area contributed by atoms with E-state index in [1.165, 1.54) is 44.1 Å². The van der Waals surface area contributed by atoms with Crippen LogP contribution in [-0.2, 0) is 4.79 Å². The number of nitrogens with zero attached hydrogens (tertiary/aromatic N) is 3. The number of allylic oxidation sites excluding steroid dienone is 3. The van der Waals surface area contributed by atoms with E-state index in [0.29, 0.717) is 35.7 Å². The highest BCUT2D eigenvalue weighted by atomic mass is 33.1. The predicted octanol–water partition coefficient (Wildman–Crippen LogP) is 8.18. The van der Waals surface area contributed by atoms with E-state index in [-0.39, 0.29) is 83.5 Å². The summed E-state index contributed by atoms with van der Waals surface area (Å²) in [6, 6.07) is 0.140. The van der Waals surface area contributed by atoms with Gasteiger partial charge in [-0.1, -0.05) is 90.3 Å². The number of fused-ring (bicyclic) bond motifs is 15. The van der Waals surface area contributed by atoms with Crippen molar-refractivity contribution in [3.8, 4) is 0 Å². The Morgan fingerprint density at radius 2 is 1.69 bits per heavy atom. The van der Waals surface area contributed by atoms with Crippen molar-refractivity contribution in [1.82, 2.24) is 14.9 Å². The second-order valence-corrected chi connectivity index (χ2v) is 29.5. The molecular weight excluding hydrogens is 943 g/mol. The van der Waals surface area contributed by atoms with Gasteiger partial charge in [0, 0.05) is 64.6 Å². The van der Waals surface area contributed by atoms with Gasteiger partial charge in [-0.05, 0) is 167 Å². The van der Waals surface area contributed by atoms with Crippen molar-refractivity contribution < 1.29 is 35.4 Å². The Morgan fingerprint density at radius 3 is 2.42 bits per heavy atom. The molecule has 10 aliphatic carbocycles. The zero-order chi connectivity index (χ0) is 50.3. The molecule has 7 saturated carbocycles. The molecule has 1 saturated heterocycles. The maximum atomic E-state index is 15.1. The minimum absolute atomic E-state index is 0.0943. The fraction of sp³-hybridized carbons (Fsp3) is 0.810. The number of nitrogens with two attached hydrogens (primary N) is 1. The first-order valence-corrected chi connectivity index (χ1v) is 30.9. The summed E-state index contributed by atoms with van der Waals surface area (Å²) in [5.41, 5.74) is 10.00. The van der Waals surface area contributed by atoms with Crippen LogP contribution in [0.4, 0.5) is 0 Å². The number of aliphatic hydroxyl groups excluding tert-OH is 5. The zero-order valence-electron chi connectivity index (χ0n) is 43.5. The third-order valence-corrected chi connectivity index (χ3v) is 26.3. The van der Waals surface area contributed by atoms with Gasteiger partial charge in [0.25, 0.3) is 0 Å². The molecule has 9 N–H and O–H groups in total. The van der Waals surface area contributed by atoms with Crippen LogP contribution in [-0.4, -0.2) is 106 Å². The molecule has 8 fully saturated rings. The molecule has 1 aromatic heterocycles. The molecule has 4 bridgehead atoms. The Hall–Kier alpha value is -2.17. The van der Waals surface area contributed by atoms with Crippen molar-refractivity contribution in [3.63, 3.8) is 0 Å². The van der Waals surface area contributed by atoms with Gasteiger partial charge < -0.3 is 46.3 Å². The van der Waals surface area contributed by atoms with Crippen LogP contribution < -0.4 is 11.1 Å². The number of rotatable bonds is 5. The number of carbonyl (C=O) groups excluding carboxylic acids is 1. The molecule has 14 heteroatoms. The summed E-state index contributed by atoms with van der Waals surface area (Å²) in [7, 11) is 3.90. The lowest BCUT2D eigenvalue weighted by atomic mass is 9.41. The second kappa shape index (κ2) is 18.2. The summed E-state index contributed by atoms with van der Waals surface area (Å²) in [4.78, 5) is 24.6. The molecule has 72 heavy (non-hydrogen) atoms. The lowest BCUT2D eigenvalue weighted by Gasteiger charge is -2.65. The van der Waals surface area contributed by atoms with Crippen molar-refractivity contribution in [2.45, 2.75) is 197 Å². The second-order valence-electron chi connectivity index (χ2n) is 26.7. The summed E-state index contributed by atoms with van der Waals surface area (Å²) in [5, 5.41) is 77.9. The summed E-state index contributed by atoms with van der Waals surface area (Å²) in [6.07, 6.45) is 23.2. The quantitative estimate of drug-likeness (QED) is 0.0462. The normalized spacial score (nSPS) is 45.5. The van der Waals surface area contributed by atoms with Crippen LogP contribution >= 0.6 is 21.6 Å². The summed E-state index contributed by atoms with van der Waals surface area (Å²) in [5.74, 6) is -0.706. The van der Waals surface area contributed by atoms with Gasteiger partial charge in [0.15, 0.2) is 11.7 Å². The lowest BCUT2D eigenvalue weighted by molar-refractivity contribution is -0.188. The number of ketones is 1. The molecule has 1 aromatic rings. The molecule has 0 amide bonds. The molecule has 11 aliphatic rings. The Bertz CT molecular complexity index is 2410. The number of nitrogens with one attached hydrogen (secondary N) is 1. The highest BCUT2D eigenvalue weighted by molar-refractivity contribution is 8.77. The predicted molar refractivity (Wildman–Crippen MR) is 283 cm³/mol. The number of hydrogen-bond acceptors (Lipinski definition) is 11. The molecule has 0 radical (unpaired) electrons. The summed E-state index contributed by atoms with van der Waals surface area (Å²) in [6.45, 7) is 8.59. The van der Waals surface area contributed by atoms with Crippen LogP contribution in [0.5, 0.6) is 0 Å². The first kappa shape index (κ1) is 50.6. The maximum Gasteiger partial charge on any atom is 0.190 e. The van der Waals surface area contributed by atoms with E-state index in [4.69, 9.17) is 10.7 Å². The number of carbonyl (C=O) groups is 1. The topological polar surface area (TPSA) is 207 Å². The summed E-state index contributed by atoms with van der Waals surface area (Å²) >= 11 is 0. The maximum absolute atomic E-state index is 15.1. The number of guanidine groups is 1. The Balaban J connectivity index is 1.08. The molecule has 2 spiro atoms. The summed E-state index contributed by atoms with van der Waals surface area (Å²) < 4.78 is 1.95. The molecule has 396 valence electrons. The molecule has 2 heterocycles. The molecule has 0 aromatic carbocycles. The Kier molecular flexibility index (Phi) is 12.8. The van der Waals surface area contributed by atoms with Gasteiger partial charge in [0.1, 0.15) is 6.23 Å². The van der Waals surface area contributed by atoms with Crippen LogP contribution in [0.3, 0.4) is 0 Å². The van der Waals surface area contributed by atoms with Crippen molar-refractivity contribution in [2.75, 3.05) is 18.9 Å². The van der Waals surface area contributed by atoms with E-state index in [9.17, 15) is 25.5 Å². The Labute approximate surface area is 435 Å². The third kappa shape index (κ3) is 7.36. The number of aliphatic imine (C=N–C) groups is 1. The van der Waals surface area contributed by atoms with Gasteiger partial charge in [-0.3, -0.25) is 9.79 Å². The highest BCUT2D eigenvalue weighted by Crippen LogP contribution is 2.77. The third-order valence-electron chi connectivity index (χ3n) is 22.9. The molecule has 12 rings (SSSR count). The van der Waals surface area contributed by atoms with E-state index < -0.39 is 52.8 Å². The van der Waals surface area contributed by atoms with Crippen molar-refractivity contribution in [3.05, 3.63) is 52.7 Å². The van der Waals surface area contributed by atoms with Crippen LogP contribution in [0.1, 0.15) is 162 Å². The molecular formula is C58H85N5O7S2. The van der Waals surface area contributed by atoms with Crippen LogP contribution in [0.2, 0.25) is 0 Å². The van der Waals surface area contributed by atoms with E-state index in [2.05, 4.69) is 41.8 Å². The van der Waals surface area contributed by atoms with Crippen LogP contribution in [0.15, 0.2) is 57.7 Å². The first-order chi connectivity index (χ1) is 34.4. The average Bonchev–Trinajstić information content (AvgIpc) is 4.18. The molecule has 0 unspecified atom stereocenters. The van der Waals surface area contributed by atoms with Gasteiger partial charge in [-0.15, -0.1) is 0 Å². The fourth-order valence-electron chi connectivity index (χ4n) is 20.5. The number of aromatic nitrogens is 2. The van der Waals surface area contributed by atoms with Crippen LogP contribution in [0.25, 0.3) is 0 Å². The van der Waals surface area contributed by atoms with E-state index in [0.717, 1.165) is 70.0 Å². The van der Waals surface area contributed by atoms with Crippen molar-refractivity contribution in [2.24, 2.45) is 85.6 Å². The van der Waals surface area contributed by atoms with Crippen molar-refractivity contribution >= 4 is 33.3 Å². The highest BCUT2D eigenvalue weighted by Gasteiger charge is 2.77. The average molecular weight is 1030 g/mol. The lowest BCUT2D eigenvalue weighted by Crippen LogP contribution is -2.68. The first-order valence-electron chi connectivity index (χ1n) is 28.5. The molecule has 12 nitrogen and oxygen atoms in total. The largest absolute Gasteiger partial charge is 0.396 e. The number of imidazole rings is 1. The standard InChI is InChI=1S/C58H85N5O7S2/c1-32(65)62-52(59)61-28-34-25-56(30-64)39-24-45(58(56,70)41-23-42(66)40-22-43(67)44(68)27-54(40,4)48(34)41)57(17-7-8-18-57)72-71-29-35(63-20-19-60-31-63)26-53(2,3)50-37-13-10-16-55(14-5-6-15-55)49(37)36-12-9-11-33-21-38(39)51(69)47(50)46(33)36/h19-20,23,31-35,38-40,43-45,47-49,51,64-65,67-70H,5-18,21-22,24-30H2,1-4H3,(H3,59,61,62)/t32-,33+,34-,35+,38-,39+,40-,43+,44-,45+,47+,48-,49+,51-,54-,56-,58-/m0/s1. The van der Waals surface area contributed by atoms with E-state index in [1.54, 1.807) is 29.7 Å². The van der Waals surface area contributed by atoms with Crippen LogP contribution in [0, 0.1) is 74.9 Å². The Morgan fingerprint density at radius 1 is 0.958 bits per heavy atom. The van der Waals surface area contributed by atoms with Gasteiger partial charge in [-0.2, -0.15) is 0 Å². The number of aliphatic hydroxyl groups is 6. The monoisotopic (exact) mass is 1030 g/mol. The van der Waals surface area contributed by atoms with Gasteiger partial charge in [-0.25, -0.2) is 4.98 Å². The van der Waals surface area contributed by atoms with Gasteiger partial charge in [0.2, 0.25) is 0 Å². The zero-order valence-corrected chi connectivity index (χ0v) is 45.1. The number of hydrogen-bond donors (Lipinski definition) is 8. The van der Waals surface area contributed by atoms with Crippen molar-refractivity contribution in [1.29, 1.82) is 0 Å². The fourth-order valence-corrected chi connectivity index (χ4v) is 24.3. The minimum Gasteiger partial charge on any atom is -0.396 e. The molecule has 17 atom stereocenters. The minimum atomic E-state index is -1.63. The molecule has 1 aliphatic heterocycles. The van der Waals surface area contributed by atoms with E-state index in [1.807, 2.05) is 34.1 Å². The SMILES string of the molecule is C[C@H](O)NC(N)=NC[C@@H]1C[C@]2(CO)[C@@H]3C[C@H](C4(CCCC4)SSC[C@H](n4ccnc4)CC(C)(C)C4=C5CCCC6(CCCC6)[C@@H]5C5=C6[C@H](CCC5)C[C@@H]3[C@H](O)[C@H]64)[C@@]2(O)C2=CC(=O)[C@@H]3C[C@@H](O)[C@@H](O)C[C@]3(C)[C@H]21. The van der Waals surface area contributed by atoms with Gasteiger partial charge in [0.05, 0.1) is 36.8 Å². The smallest absolute Gasteiger partial charge is 0.190 e. The van der Waals surface area contributed by atoms with Gasteiger partial charge >= 0.3 is 0 Å². The van der Waals surface area contributed by atoms with E-state index >= 15 is 9.90 Å².